The predicted octanol–water partition coefficient (Wildman–Crippen LogP) is 4.55. The molecule has 0 aliphatic carbocycles. The third-order valence-electron chi connectivity index (χ3n) is 5.05. The van der Waals surface area contributed by atoms with Gasteiger partial charge in [0.25, 0.3) is 5.56 Å². The van der Waals surface area contributed by atoms with Crippen molar-refractivity contribution in [2.24, 2.45) is 0 Å². The predicted molar refractivity (Wildman–Crippen MR) is 123 cm³/mol. The molecule has 0 fully saturated rings. The second-order valence-corrected chi connectivity index (χ2v) is 7.20. The average Bonchev–Trinajstić information content (AvgIpc) is 2.85. The van der Waals surface area contributed by atoms with E-state index in [2.05, 4.69) is 5.10 Å². The highest BCUT2D eigenvalue weighted by Crippen LogP contribution is 2.31. The van der Waals surface area contributed by atoms with Crippen molar-refractivity contribution in [1.82, 2.24) is 9.78 Å². The van der Waals surface area contributed by atoms with E-state index in [4.69, 9.17) is 14.2 Å². The zero-order valence-electron chi connectivity index (χ0n) is 18.0. The lowest BCUT2D eigenvalue weighted by Crippen LogP contribution is -2.22. The van der Waals surface area contributed by atoms with Crippen molar-refractivity contribution in [2.75, 3.05) is 14.2 Å². The fourth-order valence-electron chi connectivity index (χ4n) is 3.32. The maximum absolute atomic E-state index is 12.4. The Kier molecular flexibility index (Phi) is 6.51. The molecule has 0 N–H and O–H groups in total. The molecule has 6 heteroatoms. The Morgan fingerprint density at radius 1 is 0.781 bits per heavy atom. The zero-order chi connectivity index (χ0) is 22.3. The van der Waals surface area contributed by atoms with Crippen LogP contribution in [-0.4, -0.2) is 24.0 Å². The fraction of sp³-hybridized carbons (Fsp3) is 0.154. The van der Waals surface area contributed by atoms with Crippen LogP contribution in [0.25, 0.3) is 11.3 Å². The largest absolute Gasteiger partial charge is 0.493 e. The number of aromatic nitrogens is 2. The van der Waals surface area contributed by atoms with Gasteiger partial charge in [0.05, 0.1) is 26.5 Å². The Balaban J connectivity index is 1.49. The molecule has 0 saturated carbocycles. The lowest BCUT2D eigenvalue weighted by molar-refractivity contribution is 0.306. The van der Waals surface area contributed by atoms with E-state index in [9.17, 15) is 4.79 Å². The first-order valence-corrected chi connectivity index (χ1v) is 10.2. The van der Waals surface area contributed by atoms with Crippen molar-refractivity contribution in [1.29, 1.82) is 0 Å². The zero-order valence-corrected chi connectivity index (χ0v) is 18.0. The van der Waals surface area contributed by atoms with Gasteiger partial charge in [-0.25, -0.2) is 4.68 Å². The van der Waals surface area contributed by atoms with E-state index < -0.39 is 0 Å². The summed E-state index contributed by atoms with van der Waals surface area (Å²) >= 11 is 0. The average molecular weight is 428 g/mol. The molecule has 0 saturated heterocycles. The molecule has 0 atom stereocenters. The maximum Gasteiger partial charge on any atom is 0.267 e. The first-order valence-electron chi connectivity index (χ1n) is 10.2. The van der Waals surface area contributed by atoms with Gasteiger partial charge in [-0.1, -0.05) is 42.5 Å². The number of nitrogens with zero attached hydrogens (tertiary/aromatic N) is 2. The summed E-state index contributed by atoms with van der Waals surface area (Å²) in [6.07, 6.45) is 0. The monoisotopic (exact) mass is 428 g/mol. The second-order valence-electron chi connectivity index (χ2n) is 7.20. The summed E-state index contributed by atoms with van der Waals surface area (Å²) in [6, 6.07) is 26.5. The van der Waals surface area contributed by atoms with Crippen LogP contribution in [-0.2, 0) is 13.2 Å². The van der Waals surface area contributed by atoms with Crippen molar-refractivity contribution >= 4 is 0 Å². The normalized spacial score (nSPS) is 10.6. The molecule has 1 aromatic heterocycles. The highest BCUT2D eigenvalue weighted by molar-refractivity contribution is 5.63. The van der Waals surface area contributed by atoms with E-state index >= 15 is 0 Å². The maximum atomic E-state index is 12.4. The molecule has 0 unspecified atom stereocenters. The second kappa shape index (κ2) is 9.83. The van der Waals surface area contributed by atoms with Gasteiger partial charge < -0.3 is 14.2 Å². The minimum Gasteiger partial charge on any atom is -0.493 e. The molecule has 6 nitrogen and oxygen atoms in total. The number of rotatable bonds is 8. The molecule has 162 valence electrons. The van der Waals surface area contributed by atoms with Crippen LogP contribution in [0.2, 0.25) is 0 Å². The van der Waals surface area contributed by atoms with Gasteiger partial charge >= 0.3 is 0 Å². The van der Waals surface area contributed by atoms with Gasteiger partial charge in [-0.15, -0.1) is 0 Å². The van der Waals surface area contributed by atoms with Crippen molar-refractivity contribution in [3.8, 4) is 28.5 Å². The number of methoxy groups -OCH3 is 2. The Morgan fingerprint density at radius 2 is 1.53 bits per heavy atom. The standard InChI is InChI=1S/C26H24N2O4/c1-30-24-14-10-21(16-25(24)31-2)23-13-15-26(29)28(27-23)17-19-8-11-22(12-9-19)32-18-20-6-4-3-5-7-20/h3-16H,17-18H2,1-2H3. The van der Waals surface area contributed by atoms with Crippen LogP contribution in [0.4, 0.5) is 0 Å². The Labute approximate surface area is 186 Å². The number of hydrogen-bond acceptors (Lipinski definition) is 5. The minimum absolute atomic E-state index is 0.168. The Bertz CT molecular complexity index is 1230. The fourth-order valence-corrected chi connectivity index (χ4v) is 3.32. The SMILES string of the molecule is COc1ccc(-c2ccc(=O)n(Cc3ccc(OCc4ccccc4)cc3)n2)cc1OC. The minimum atomic E-state index is -0.168. The van der Waals surface area contributed by atoms with E-state index in [1.165, 1.54) is 10.7 Å². The molecule has 3 aromatic carbocycles. The van der Waals surface area contributed by atoms with Crippen LogP contribution in [0.1, 0.15) is 11.1 Å². The molecule has 0 spiro atoms. The summed E-state index contributed by atoms with van der Waals surface area (Å²) in [6.45, 7) is 0.869. The Hall–Kier alpha value is -4.06. The van der Waals surface area contributed by atoms with Gasteiger partial charge in [0.2, 0.25) is 0 Å². The first kappa shape index (κ1) is 21.2. The molecule has 1 heterocycles. The molecular formula is C26H24N2O4. The number of hydrogen-bond donors (Lipinski definition) is 0. The molecule has 0 aliphatic rings. The van der Waals surface area contributed by atoms with Crippen LogP contribution in [0.3, 0.4) is 0 Å². The summed E-state index contributed by atoms with van der Waals surface area (Å²) in [4.78, 5) is 12.4. The molecule has 0 bridgehead atoms. The van der Waals surface area contributed by atoms with Crippen LogP contribution in [0.15, 0.2) is 89.7 Å². The summed E-state index contributed by atoms with van der Waals surface area (Å²) in [5, 5.41) is 4.54. The smallest absolute Gasteiger partial charge is 0.267 e. The molecule has 0 aliphatic heterocycles. The summed E-state index contributed by atoms with van der Waals surface area (Å²) in [5.41, 5.74) is 3.41. The summed E-state index contributed by atoms with van der Waals surface area (Å²) < 4.78 is 17.9. The van der Waals surface area contributed by atoms with Crippen LogP contribution >= 0.6 is 0 Å². The summed E-state index contributed by atoms with van der Waals surface area (Å²) in [5.74, 6) is 2.02. The van der Waals surface area contributed by atoms with E-state index in [0.29, 0.717) is 30.3 Å². The third kappa shape index (κ3) is 4.98. The van der Waals surface area contributed by atoms with Crippen LogP contribution in [0.5, 0.6) is 17.2 Å². The van der Waals surface area contributed by atoms with Crippen molar-refractivity contribution in [3.63, 3.8) is 0 Å². The van der Waals surface area contributed by atoms with Gasteiger partial charge in [-0.3, -0.25) is 4.79 Å². The third-order valence-corrected chi connectivity index (χ3v) is 5.05. The highest BCUT2D eigenvalue weighted by atomic mass is 16.5. The summed E-state index contributed by atoms with van der Waals surface area (Å²) in [7, 11) is 3.18. The van der Waals surface area contributed by atoms with Crippen LogP contribution < -0.4 is 19.8 Å². The first-order chi connectivity index (χ1) is 15.7. The number of benzene rings is 3. The van der Waals surface area contributed by atoms with Gasteiger partial charge in [-0.05, 0) is 47.5 Å². The van der Waals surface area contributed by atoms with Crippen molar-refractivity contribution < 1.29 is 14.2 Å². The topological polar surface area (TPSA) is 62.6 Å². The van der Waals surface area contributed by atoms with Gasteiger partial charge in [0.15, 0.2) is 11.5 Å². The van der Waals surface area contributed by atoms with E-state index in [0.717, 1.165) is 22.4 Å². The molecule has 4 aromatic rings. The highest BCUT2D eigenvalue weighted by Gasteiger charge is 2.09. The van der Waals surface area contributed by atoms with E-state index in [1.807, 2.05) is 72.8 Å². The van der Waals surface area contributed by atoms with E-state index in [-0.39, 0.29) is 5.56 Å². The Morgan fingerprint density at radius 3 is 2.25 bits per heavy atom. The molecule has 0 radical (unpaired) electrons. The molecule has 32 heavy (non-hydrogen) atoms. The van der Waals surface area contributed by atoms with Crippen LogP contribution in [0, 0.1) is 0 Å². The van der Waals surface area contributed by atoms with Gasteiger partial charge in [-0.2, -0.15) is 5.10 Å². The van der Waals surface area contributed by atoms with Gasteiger partial charge in [0.1, 0.15) is 12.4 Å². The lowest BCUT2D eigenvalue weighted by Gasteiger charge is -2.11. The quantitative estimate of drug-likeness (QED) is 0.412. The van der Waals surface area contributed by atoms with Crippen molar-refractivity contribution in [3.05, 3.63) is 106 Å². The number of ether oxygens (including phenoxy) is 3. The van der Waals surface area contributed by atoms with E-state index in [1.54, 1.807) is 20.3 Å². The molecular weight excluding hydrogens is 404 g/mol. The van der Waals surface area contributed by atoms with Crippen molar-refractivity contribution in [2.45, 2.75) is 13.2 Å². The van der Waals surface area contributed by atoms with Gasteiger partial charge in [0, 0.05) is 11.6 Å². The lowest BCUT2D eigenvalue weighted by atomic mass is 10.1. The molecule has 0 amide bonds. The molecule has 4 rings (SSSR count).